The van der Waals surface area contributed by atoms with Gasteiger partial charge < -0.3 is 5.32 Å². The van der Waals surface area contributed by atoms with Crippen molar-refractivity contribution < 1.29 is 4.79 Å². The van der Waals surface area contributed by atoms with Crippen LogP contribution in [0, 0.1) is 6.92 Å². The molecule has 0 spiro atoms. The molecule has 0 fully saturated rings. The number of anilines is 2. The molecule has 2 N–H and O–H groups in total. The van der Waals surface area contributed by atoms with Gasteiger partial charge in [0.15, 0.2) is 0 Å². The minimum Gasteiger partial charge on any atom is -0.306 e. The lowest BCUT2D eigenvalue weighted by atomic mass is 10.3. The van der Waals surface area contributed by atoms with Crippen LogP contribution in [0.3, 0.4) is 0 Å². The average Bonchev–Trinajstić information content (AvgIpc) is 2.33. The van der Waals surface area contributed by atoms with Crippen molar-refractivity contribution >= 4 is 45.1 Å². The lowest BCUT2D eigenvalue weighted by Gasteiger charge is -2.09. The highest BCUT2D eigenvalue weighted by Gasteiger charge is 2.07. The molecule has 0 unspecified atom stereocenters. The first-order valence-corrected chi connectivity index (χ1v) is 6.68. The fourth-order valence-corrected chi connectivity index (χ4v) is 2.19. The number of hydrogen-bond acceptors (Lipinski definition) is 2. The minimum atomic E-state index is -0.387. The number of aryl methyl sites for hydroxylation is 1. The SMILES string of the molecule is Cc1cccc(NC(=O)Nc2ccc(Br)cc2Cl)n1. The van der Waals surface area contributed by atoms with E-state index in [9.17, 15) is 4.79 Å². The molecule has 0 aliphatic carbocycles. The van der Waals surface area contributed by atoms with Crippen LogP contribution in [0.1, 0.15) is 5.69 Å². The van der Waals surface area contributed by atoms with E-state index in [1.165, 1.54) is 0 Å². The van der Waals surface area contributed by atoms with Crippen LogP contribution in [0.2, 0.25) is 5.02 Å². The summed E-state index contributed by atoms with van der Waals surface area (Å²) >= 11 is 9.32. The zero-order chi connectivity index (χ0) is 13.8. The topological polar surface area (TPSA) is 54.0 Å². The molecule has 1 aromatic carbocycles. The van der Waals surface area contributed by atoms with Gasteiger partial charge >= 0.3 is 6.03 Å². The van der Waals surface area contributed by atoms with Crippen molar-refractivity contribution in [3.05, 3.63) is 51.6 Å². The van der Waals surface area contributed by atoms with Crippen LogP contribution in [-0.2, 0) is 0 Å². The van der Waals surface area contributed by atoms with E-state index < -0.39 is 0 Å². The molecule has 0 radical (unpaired) electrons. The normalized spacial score (nSPS) is 10.1. The van der Waals surface area contributed by atoms with Gasteiger partial charge in [-0.1, -0.05) is 33.6 Å². The monoisotopic (exact) mass is 339 g/mol. The minimum absolute atomic E-state index is 0.387. The van der Waals surface area contributed by atoms with Gasteiger partial charge in [0.05, 0.1) is 10.7 Å². The van der Waals surface area contributed by atoms with Crippen molar-refractivity contribution in [2.24, 2.45) is 0 Å². The number of carbonyl (C=O) groups excluding carboxylic acids is 1. The summed E-state index contributed by atoms with van der Waals surface area (Å²) in [6, 6.07) is 10.2. The first-order chi connectivity index (χ1) is 9.04. The van der Waals surface area contributed by atoms with Crippen LogP contribution in [0.15, 0.2) is 40.9 Å². The maximum Gasteiger partial charge on any atom is 0.324 e. The van der Waals surface area contributed by atoms with Gasteiger partial charge in [-0.05, 0) is 37.3 Å². The second-order valence-electron chi connectivity index (χ2n) is 3.87. The lowest BCUT2D eigenvalue weighted by molar-refractivity contribution is 0.262. The molecule has 4 nitrogen and oxygen atoms in total. The first kappa shape index (κ1) is 13.8. The average molecular weight is 341 g/mol. The summed E-state index contributed by atoms with van der Waals surface area (Å²) in [6.07, 6.45) is 0. The fraction of sp³-hybridized carbons (Fsp3) is 0.0769. The molecular weight excluding hydrogens is 330 g/mol. The van der Waals surface area contributed by atoms with Crippen molar-refractivity contribution in [2.45, 2.75) is 6.92 Å². The van der Waals surface area contributed by atoms with Gasteiger partial charge in [0, 0.05) is 10.2 Å². The van der Waals surface area contributed by atoms with E-state index in [1.807, 2.05) is 19.1 Å². The number of aromatic nitrogens is 1. The molecule has 0 aliphatic heterocycles. The highest BCUT2D eigenvalue weighted by Crippen LogP contribution is 2.25. The lowest BCUT2D eigenvalue weighted by Crippen LogP contribution is -2.20. The van der Waals surface area contributed by atoms with Crippen LogP contribution in [0.25, 0.3) is 0 Å². The largest absolute Gasteiger partial charge is 0.324 e. The third-order valence-corrected chi connectivity index (χ3v) is 3.12. The third-order valence-electron chi connectivity index (χ3n) is 2.31. The molecule has 0 aliphatic rings. The summed E-state index contributed by atoms with van der Waals surface area (Å²) in [5.41, 5.74) is 1.37. The standard InChI is InChI=1S/C13H11BrClN3O/c1-8-3-2-4-12(16-8)18-13(19)17-11-6-5-9(14)7-10(11)15/h2-7H,1H3,(H2,16,17,18,19). The molecule has 98 valence electrons. The van der Waals surface area contributed by atoms with Crippen LogP contribution >= 0.6 is 27.5 Å². The van der Waals surface area contributed by atoms with E-state index in [4.69, 9.17) is 11.6 Å². The molecule has 19 heavy (non-hydrogen) atoms. The zero-order valence-corrected chi connectivity index (χ0v) is 12.4. The number of rotatable bonds is 2. The second kappa shape index (κ2) is 6.04. The summed E-state index contributed by atoms with van der Waals surface area (Å²) in [6.45, 7) is 1.86. The second-order valence-corrected chi connectivity index (χ2v) is 5.19. The highest BCUT2D eigenvalue weighted by atomic mass is 79.9. The molecule has 2 rings (SSSR count). The number of benzene rings is 1. The maximum atomic E-state index is 11.8. The van der Waals surface area contributed by atoms with E-state index in [1.54, 1.807) is 24.3 Å². The van der Waals surface area contributed by atoms with Crippen LogP contribution in [0.4, 0.5) is 16.3 Å². The van der Waals surface area contributed by atoms with Crippen molar-refractivity contribution in [2.75, 3.05) is 10.6 Å². The Bertz CT molecular complexity index is 619. The predicted octanol–water partition coefficient (Wildman–Crippen LogP) is 4.45. The molecule has 0 atom stereocenters. The number of halogens is 2. The summed E-state index contributed by atoms with van der Waals surface area (Å²) in [5.74, 6) is 0.491. The number of carbonyl (C=O) groups is 1. The quantitative estimate of drug-likeness (QED) is 0.848. The van der Waals surface area contributed by atoms with Crippen LogP contribution in [-0.4, -0.2) is 11.0 Å². The zero-order valence-electron chi connectivity index (χ0n) is 10.1. The molecule has 0 bridgehead atoms. The van der Waals surface area contributed by atoms with Crippen molar-refractivity contribution in [1.82, 2.24) is 4.98 Å². The van der Waals surface area contributed by atoms with Gasteiger partial charge in [0.1, 0.15) is 5.82 Å². The van der Waals surface area contributed by atoms with E-state index in [0.29, 0.717) is 16.5 Å². The van der Waals surface area contributed by atoms with Gasteiger partial charge in [-0.25, -0.2) is 9.78 Å². The Labute approximate surface area is 124 Å². The molecule has 1 heterocycles. The molecular formula is C13H11BrClN3O. The number of nitrogens with zero attached hydrogens (tertiary/aromatic N) is 1. The Hall–Kier alpha value is -1.59. The van der Waals surface area contributed by atoms with Gasteiger partial charge in [-0.2, -0.15) is 0 Å². The highest BCUT2D eigenvalue weighted by molar-refractivity contribution is 9.10. The Balaban J connectivity index is 2.05. The van der Waals surface area contributed by atoms with Crippen LogP contribution < -0.4 is 10.6 Å². The molecule has 1 aromatic heterocycles. The number of pyridine rings is 1. The van der Waals surface area contributed by atoms with Crippen LogP contribution in [0.5, 0.6) is 0 Å². The number of amides is 2. The van der Waals surface area contributed by atoms with Crippen molar-refractivity contribution in [1.29, 1.82) is 0 Å². The summed E-state index contributed by atoms with van der Waals surface area (Å²) in [7, 11) is 0. The Morgan fingerprint density at radius 2 is 2.05 bits per heavy atom. The Morgan fingerprint density at radius 1 is 1.26 bits per heavy atom. The molecule has 0 saturated carbocycles. The first-order valence-electron chi connectivity index (χ1n) is 5.51. The number of nitrogens with one attached hydrogen (secondary N) is 2. The van der Waals surface area contributed by atoms with Crippen molar-refractivity contribution in [3.8, 4) is 0 Å². The van der Waals surface area contributed by atoms with E-state index >= 15 is 0 Å². The Kier molecular flexibility index (Phi) is 4.39. The smallest absolute Gasteiger partial charge is 0.306 e. The summed E-state index contributed by atoms with van der Waals surface area (Å²) in [4.78, 5) is 16.0. The predicted molar refractivity (Wildman–Crippen MR) is 80.8 cm³/mol. The molecule has 2 aromatic rings. The fourth-order valence-electron chi connectivity index (χ4n) is 1.47. The third kappa shape index (κ3) is 3.94. The summed E-state index contributed by atoms with van der Waals surface area (Å²) < 4.78 is 0.851. The summed E-state index contributed by atoms with van der Waals surface area (Å²) in [5, 5.41) is 5.76. The van der Waals surface area contributed by atoms with Gasteiger partial charge in [0.25, 0.3) is 0 Å². The molecule has 0 saturated heterocycles. The van der Waals surface area contributed by atoms with Crippen molar-refractivity contribution in [3.63, 3.8) is 0 Å². The Morgan fingerprint density at radius 3 is 2.74 bits per heavy atom. The van der Waals surface area contributed by atoms with E-state index in [-0.39, 0.29) is 6.03 Å². The maximum absolute atomic E-state index is 11.8. The number of urea groups is 1. The molecule has 6 heteroatoms. The molecule has 2 amide bonds. The number of hydrogen-bond donors (Lipinski definition) is 2. The van der Waals surface area contributed by atoms with Gasteiger partial charge in [-0.15, -0.1) is 0 Å². The van der Waals surface area contributed by atoms with Gasteiger partial charge in [0.2, 0.25) is 0 Å². The van der Waals surface area contributed by atoms with E-state index in [2.05, 4.69) is 31.5 Å². The van der Waals surface area contributed by atoms with E-state index in [0.717, 1.165) is 10.2 Å². The van der Waals surface area contributed by atoms with Gasteiger partial charge in [-0.3, -0.25) is 5.32 Å².